The maximum Gasteiger partial charge on any atom is 0.0682 e. The third-order valence-electron chi connectivity index (χ3n) is 3.04. The Morgan fingerprint density at radius 2 is 2.06 bits per heavy atom. The molecule has 2 N–H and O–H groups in total. The highest BCUT2D eigenvalue weighted by Crippen LogP contribution is 2.28. The van der Waals surface area contributed by atoms with Crippen LogP contribution in [0, 0.1) is 13.8 Å². The summed E-state index contributed by atoms with van der Waals surface area (Å²) in [7, 11) is 0. The Kier molecular flexibility index (Phi) is 4.04. The van der Waals surface area contributed by atoms with E-state index in [2.05, 4.69) is 32.2 Å². The fourth-order valence-electron chi connectivity index (χ4n) is 2.17. The predicted octanol–water partition coefficient (Wildman–Crippen LogP) is 4.03. The number of anilines is 1. The molecule has 0 bridgehead atoms. The first kappa shape index (κ1) is 13.1. The number of nitrogens with one attached hydrogen (secondary N) is 1. The lowest BCUT2D eigenvalue weighted by molar-refractivity contribution is 0.282. The highest BCUT2D eigenvalue weighted by atomic mass is 32.1. The average Bonchev–Trinajstić information content (AvgIpc) is 2.69. The Balaban J connectivity index is 2.15. The molecule has 0 aliphatic carbocycles. The van der Waals surface area contributed by atoms with Crippen LogP contribution < -0.4 is 5.32 Å². The van der Waals surface area contributed by atoms with Crippen LogP contribution >= 0.6 is 11.3 Å². The van der Waals surface area contributed by atoms with Crippen LogP contribution in [0.2, 0.25) is 0 Å². The van der Waals surface area contributed by atoms with E-state index in [0.29, 0.717) is 0 Å². The minimum atomic E-state index is 0.0838. The van der Waals surface area contributed by atoms with Crippen molar-refractivity contribution in [2.75, 3.05) is 5.32 Å². The van der Waals surface area contributed by atoms with Crippen LogP contribution in [0.15, 0.2) is 30.3 Å². The minimum Gasteiger partial charge on any atom is -0.392 e. The molecule has 0 spiro atoms. The summed E-state index contributed by atoms with van der Waals surface area (Å²) in [5.41, 5.74) is 3.34. The third kappa shape index (κ3) is 2.92. The normalized spacial score (nSPS) is 12.4. The molecule has 0 amide bonds. The van der Waals surface area contributed by atoms with Gasteiger partial charge in [0.05, 0.1) is 6.61 Å². The molecule has 0 saturated heterocycles. The maximum absolute atomic E-state index is 9.13. The van der Waals surface area contributed by atoms with Crippen LogP contribution in [-0.2, 0) is 6.61 Å². The first-order valence-corrected chi connectivity index (χ1v) is 6.95. The van der Waals surface area contributed by atoms with Gasteiger partial charge in [0.15, 0.2) is 0 Å². The lowest BCUT2D eigenvalue weighted by atomic mass is 10.1. The number of hydrogen-bond donors (Lipinski definition) is 2. The van der Waals surface area contributed by atoms with Crippen molar-refractivity contribution in [1.82, 2.24) is 0 Å². The number of rotatable bonds is 4. The number of aliphatic hydroxyl groups excluding tert-OH is 1. The molecule has 2 aromatic rings. The van der Waals surface area contributed by atoms with E-state index < -0.39 is 0 Å². The lowest BCUT2D eigenvalue weighted by Gasteiger charge is -2.16. The Labute approximate surface area is 112 Å². The summed E-state index contributed by atoms with van der Waals surface area (Å²) in [6.45, 7) is 6.55. The van der Waals surface area contributed by atoms with Gasteiger partial charge in [0.1, 0.15) is 0 Å². The van der Waals surface area contributed by atoms with Crippen molar-refractivity contribution in [2.45, 2.75) is 33.4 Å². The van der Waals surface area contributed by atoms with E-state index in [9.17, 15) is 0 Å². The highest BCUT2D eigenvalue weighted by molar-refractivity contribution is 7.12. The van der Waals surface area contributed by atoms with E-state index in [4.69, 9.17) is 5.11 Å². The van der Waals surface area contributed by atoms with Crippen LogP contribution in [0.5, 0.6) is 0 Å². The molecule has 1 aromatic heterocycles. The summed E-state index contributed by atoms with van der Waals surface area (Å²) in [6, 6.07) is 10.4. The molecule has 0 saturated carbocycles. The Hall–Kier alpha value is -1.32. The smallest absolute Gasteiger partial charge is 0.0682 e. The number of aryl methyl sites for hydroxylation is 2. The number of thiophene rings is 1. The Morgan fingerprint density at radius 3 is 2.67 bits per heavy atom. The van der Waals surface area contributed by atoms with Crippen LogP contribution in [0.1, 0.15) is 33.8 Å². The summed E-state index contributed by atoms with van der Waals surface area (Å²) < 4.78 is 0. The predicted molar refractivity (Wildman–Crippen MR) is 78.2 cm³/mol. The number of hydrogen-bond acceptors (Lipinski definition) is 3. The third-order valence-corrected chi connectivity index (χ3v) is 4.02. The first-order chi connectivity index (χ1) is 8.60. The van der Waals surface area contributed by atoms with E-state index in [0.717, 1.165) is 11.3 Å². The summed E-state index contributed by atoms with van der Waals surface area (Å²) in [4.78, 5) is 2.71. The van der Waals surface area contributed by atoms with E-state index in [-0.39, 0.29) is 12.6 Å². The van der Waals surface area contributed by atoms with Crippen molar-refractivity contribution in [3.8, 4) is 0 Å². The quantitative estimate of drug-likeness (QED) is 0.871. The van der Waals surface area contributed by atoms with Crippen molar-refractivity contribution >= 4 is 17.0 Å². The van der Waals surface area contributed by atoms with Crippen molar-refractivity contribution in [3.05, 3.63) is 51.2 Å². The standard InChI is InChI=1S/C15H19NOS/c1-10-7-15(12(3)18-10)11(2)16-14-6-4-5-13(8-14)9-17/h4-8,11,16-17H,9H2,1-3H3. The van der Waals surface area contributed by atoms with Gasteiger partial charge in [-0.15, -0.1) is 11.3 Å². The summed E-state index contributed by atoms with van der Waals surface area (Å²) in [5.74, 6) is 0. The van der Waals surface area contributed by atoms with Gasteiger partial charge in [-0.1, -0.05) is 12.1 Å². The molecule has 0 fully saturated rings. The van der Waals surface area contributed by atoms with Gasteiger partial charge in [-0.05, 0) is 50.1 Å². The van der Waals surface area contributed by atoms with Gasteiger partial charge in [0.25, 0.3) is 0 Å². The van der Waals surface area contributed by atoms with Gasteiger partial charge >= 0.3 is 0 Å². The summed E-state index contributed by atoms with van der Waals surface area (Å²) >= 11 is 1.84. The second kappa shape index (κ2) is 5.55. The molecule has 2 nitrogen and oxygen atoms in total. The maximum atomic E-state index is 9.13. The molecule has 1 heterocycles. The van der Waals surface area contributed by atoms with Crippen molar-refractivity contribution < 1.29 is 5.11 Å². The zero-order chi connectivity index (χ0) is 13.1. The fraction of sp³-hybridized carbons (Fsp3) is 0.333. The Bertz CT molecular complexity index is 533. The van der Waals surface area contributed by atoms with E-state index in [1.807, 2.05) is 35.6 Å². The molecule has 0 aliphatic rings. The molecular weight excluding hydrogens is 242 g/mol. The van der Waals surface area contributed by atoms with Crippen LogP contribution in [-0.4, -0.2) is 5.11 Å². The van der Waals surface area contributed by atoms with E-state index in [1.54, 1.807) is 0 Å². The van der Waals surface area contributed by atoms with Gasteiger partial charge in [-0.2, -0.15) is 0 Å². The minimum absolute atomic E-state index is 0.0838. The first-order valence-electron chi connectivity index (χ1n) is 6.13. The van der Waals surface area contributed by atoms with Gasteiger partial charge in [-0.3, -0.25) is 0 Å². The largest absolute Gasteiger partial charge is 0.392 e. The topological polar surface area (TPSA) is 32.3 Å². The monoisotopic (exact) mass is 261 g/mol. The molecular formula is C15H19NOS. The second-order valence-electron chi connectivity index (χ2n) is 4.59. The molecule has 1 aromatic carbocycles. The molecule has 96 valence electrons. The van der Waals surface area contributed by atoms with Crippen LogP contribution in [0.3, 0.4) is 0 Å². The van der Waals surface area contributed by atoms with Gasteiger partial charge in [0, 0.05) is 21.5 Å². The zero-order valence-corrected chi connectivity index (χ0v) is 11.8. The molecule has 3 heteroatoms. The molecule has 2 rings (SSSR count). The summed E-state index contributed by atoms with van der Waals surface area (Å²) in [6.07, 6.45) is 0. The molecule has 1 atom stereocenters. The van der Waals surface area contributed by atoms with Gasteiger partial charge < -0.3 is 10.4 Å². The average molecular weight is 261 g/mol. The van der Waals surface area contributed by atoms with E-state index >= 15 is 0 Å². The van der Waals surface area contributed by atoms with Crippen molar-refractivity contribution in [3.63, 3.8) is 0 Å². The lowest BCUT2D eigenvalue weighted by Crippen LogP contribution is -2.06. The molecule has 0 radical (unpaired) electrons. The highest BCUT2D eigenvalue weighted by Gasteiger charge is 2.11. The van der Waals surface area contributed by atoms with Gasteiger partial charge in [-0.25, -0.2) is 0 Å². The van der Waals surface area contributed by atoms with Gasteiger partial charge in [0.2, 0.25) is 0 Å². The van der Waals surface area contributed by atoms with Crippen LogP contribution in [0.4, 0.5) is 5.69 Å². The number of benzene rings is 1. The molecule has 0 aliphatic heterocycles. The van der Waals surface area contributed by atoms with Crippen molar-refractivity contribution in [1.29, 1.82) is 0 Å². The van der Waals surface area contributed by atoms with Crippen LogP contribution in [0.25, 0.3) is 0 Å². The SMILES string of the molecule is Cc1cc(C(C)Nc2cccc(CO)c2)c(C)s1. The zero-order valence-electron chi connectivity index (χ0n) is 11.0. The van der Waals surface area contributed by atoms with E-state index in [1.165, 1.54) is 15.3 Å². The van der Waals surface area contributed by atoms with Crippen molar-refractivity contribution in [2.24, 2.45) is 0 Å². The molecule has 1 unspecified atom stereocenters. The summed E-state index contributed by atoms with van der Waals surface area (Å²) in [5, 5.41) is 12.6. The fourth-order valence-corrected chi connectivity index (χ4v) is 3.19. The molecule has 18 heavy (non-hydrogen) atoms. The Morgan fingerprint density at radius 1 is 1.28 bits per heavy atom. The number of aliphatic hydroxyl groups is 1. The second-order valence-corrected chi connectivity index (χ2v) is 6.05.